The average molecular weight is 460 g/mol. The Morgan fingerprint density at radius 2 is 1.78 bits per heavy atom. The van der Waals surface area contributed by atoms with Crippen LogP contribution in [0, 0.1) is 0 Å². The molecule has 0 bridgehead atoms. The van der Waals surface area contributed by atoms with E-state index in [4.69, 9.17) is 9.47 Å². The first-order valence-corrected chi connectivity index (χ1v) is 12.3. The maximum atomic E-state index is 13.2. The third-order valence-electron chi connectivity index (χ3n) is 5.81. The molecule has 2 aliphatic rings. The van der Waals surface area contributed by atoms with Crippen LogP contribution in [0.1, 0.15) is 18.4 Å². The van der Waals surface area contributed by atoms with Crippen molar-refractivity contribution in [1.82, 2.24) is 4.31 Å². The lowest BCUT2D eigenvalue weighted by atomic mass is 10.1. The third kappa shape index (κ3) is 4.90. The molecule has 8 nitrogen and oxygen atoms in total. The van der Waals surface area contributed by atoms with Gasteiger partial charge in [0.2, 0.25) is 15.9 Å². The highest BCUT2D eigenvalue weighted by Crippen LogP contribution is 2.30. The van der Waals surface area contributed by atoms with Gasteiger partial charge < -0.3 is 19.7 Å². The van der Waals surface area contributed by atoms with Crippen LogP contribution in [-0.4, -0.2) is 65.1 Å². The number of methoxy groups -OCH3 is 1. The monoisotopic (exact) mass is 459 g/mol. The van der Waals surface area contributed by atoms with Gasteiger partial charge in [-0.2, -0.15) is 4.31 Å². The van der Waals surface area contributed by atoms with Gasteiger partial charge in [0.05, 0.1) is 38.1 Å². The van der Waals surface area contributed by atoms with E-state index in [0.29, 0.717) is 31.9 Å². The highest BCUT2D eigenvalue weighted by molar-refractivity contribution is 7.89. The molecule has 2 aliphatic heterocycles. The normalized spacial score (nSPS) is 17.3. The van der Waals surface area contributed by atoms with E-state index in [1.807, 2.05) is 24.3 Å². The van der Waals surface area contributed by atoms with Crippen LogP contribution in [0.4, 0.5) is 11.4 Å². The van der Waals surface area contributed by atoms with Crippen molar-refractivity contribution in [2.24, 2.45) is 0 Å². The zero-order valence-electron chi connectivity index (χ0n) is 18.2. The quantitative estimate of drug-likeness (QED) is 0.685. The Bertz CT molecular complexity index is 1060. The van der Waals surface area contributed by atoms with Crippen molar-refractivity contribution in [2.45, 2.75) is 24.2 Å². The second-order valence-corrected chi connectivity index (χ2v) is 9.84. The Balaban J connectivity index is 1.53. The van der Waals surface area contributed by atoms with Gasteiger partial charge >= 0.3 is 0 Å². The summed E-state index contributed by atoms with van der Waals surface area (Å²) >= 11 is 0. The zero-order chi connectivity index (χ0) is 22.6. The molecule has 0 aliphatic carbocycles. The molecule has 0 unspecified atom stereocenters. The fourth-order valence-electron chi connectivity index (χ4n) is 4.15. The number of para-hydroxylation sites is 2. The number of sulfonamides is 1. The fraction of sp³-hybridized carbons (Fsp3) is 0.435. The van der Waals surface area contributed by atoms with Crippen molar-refractivity contribution < 1.29 is 22.7 Å². The Hall–Kier alpha value is -2.62. The maximum absolute atomic E-state index is 13.2. The zero-order valence-corrected chi connectivity index (χ0v) is 19.1. The standard InChI is InChI=1S/C23H29N3O5S/c1-30-21-9-8-18(16-22(21)32(28,29)26-12-14-31-15-13-26)17-23(27)24-19-6-2-3-7-20(19)25-10-4-5-11-25/h2-3,6-9,16H,4-5,10-15,17H2,1H3,(H,24,27). The summed E-state index contributed by atoms with van der Waals surface area (Å²) in [5.41, 5.74) is 2.39. The topological polar surface area (TPSA) is 88.2 Å². The van der Waals surface area contributed by atoms with Crippen LogP contribution >= 0.6 is 0 Å². The minimum atomic E-state index is -3.75. The molecular weight excluding hydrogens is 430 g/mol. The third-order valence-corrected chi connectivity index (χ3v) is 7.73. The Morgan fingerprint density at radius 3 is 2.50 bits per heavy atom. The van der Waals surface area contributed by atoms with E-state index in [1.165, 1.54) is 17.5 Å². The average Bonchev–Trinajstić information content (AvgIpc) is 3.35. The van der Waals surface area contributed by atoms with Crippen molar-refractivity contribution >= 4 is 27.3 Å². The maximum Gasteiger partial charge on any atom is 0.246 e. The number of hydrogen-bond donors (Lipinski definition) is 1. The summed E-state index contributed by atoms with van der Waals surface area (Å²) in [7, 11) is -2.31. The summed E-state index contributed by atoms with van der Waals surface area (Å²) in [5.74, 6) is 0.0663. The first kappa shape index (κ1) is 22.6. The van der Waals surface area contributed by atoms with Gasteiger partial charge in [-0.3, -0.25) is 4.79 Å². The largest absolute Gasteiger partial charge is 0.495 e. The molecule has 2 heterocycles. The SMILES string of the molecule is COc1ccc(CC(=O)Nc2ccccc2N2CCCC2)cc1S(=O)(=O)N1CCOCC1. The van der Waals surface area contributed by atoms with Crippen LogP contribution in [0.2, 0.25) is 0 Å². The van der Waals surface area contributed by atoms with Crippen LogP contribution in [0.15, 0.2) is 47.4 Å². The van der Waals surface area contributed by atoms with Crippen molar-refractivity contribution in [3.8, 4) is 5.75 Å². The molecule has 32 heavy (non-hydrogen) atoms. The van der Waals surface area contributed by atoms with Crippen LogP contribution in [0.3, 0.4) is 0 Å². The number of hydrogen-bond acceptors (Lipinski definition) is 6. The predicted molar refractivity (Wildman–Crippen MR) is 123 cm³/mol. The lowest BCUT2D eigenvalue weighted by Gasteiger charge is -2.26. The van der Waals surface area contributed by atoms with Crippen molar-refractivity contribution in [3.05, 3.63) is 48.0 Å². The number of nitrogens with zero attached hydrogens (tertiary/aromatic N) is 2. The molecule has 1 N–H and O–H groups in total. The Labute approximate surface area is 189 Å². The summed E-state index contributed by atoms with van der Waals surface area (Å²) in [6.45, 7) is 3.27. The molecule has 2 aromatic carbocycles. The smallest absolute Gasteiger partial charge is 0.246 e. The van der Waals surface area contributed by atoms with E-state index in [2.05, 4.69) is 10.2 Å². The molecule has 2 saturated heterocycles. The molecule has 0 radical (unpaired) electrons. The number of benzene rings is 2. The van der Waals surface area contributed by atoms with Gasteiger partial charge in [0.1, 0.15) is 10.6 Å². The number of anilines is 2. The molecule has 172 valence electrons. The number of rotatable bonds is 7. The van der Waals surface area contributed by atoms with E-state index in [1.54, 1.807) is 12.1 Å². The van der Waals surface area contributed by atoms with Gasteiger partial charge in [0.15, 0.2) is 0 Å². The van der Waals surface area contributed by atoms with Gasteiger partial charge in [0.25, 0.3) is 0 Å². The summed E-state index contributed by atoms with van der Waals surface area (Å²) in [4.78, 5) is 15.2. The molecule has 9 heteroatoms. The summed E-state index contributed by atoms with van der Waals surface area (Å²) in [6.07, 6.45) is 2.35. The number of amides is 1. The number of nitrogens with one attached hydrogen (secondary N) is 1. The van der Waals surface area contributed by atoms with Crippen LogP contribution in [-0.2, 0) is 26.0 Å². The first-order chi connectivity index (χ1) is 15.5. The molecular formula is C23H29N3O5S. The van der Waals surface area contributed by atoms with Crippen LogP contribution in [0.25, 0.3) is 0 Å². The Kier molecular flexibility index (Phi) is 6.98. The molecule has 0 saturated carbocycles. The van der Waals surface area contributed by atoms with Gasteiger partial charge in [-0.15, -0.1) is 0 Å². The summed E-state index contributed by atoms with van der Waals surface area (Å²) < 4.78 is 38.3. The minimum Gasteiger partial charge on any atom is -0.495 e. The van der Waals surface area contributed by atoms with E-state index >= 15 is 0 Å². The minimum absolute atomic E-state index is 0.0595. The number of ether oxygens (including phenoxy) is 2. The molecule has 1 amide bonds. The van der Waals surface area contributed by atoms with Gasteiger partial charge in [-0.25, -0.2) is 8.42 Å². The van der Waals surface area contributed by atoms with E-state index in [0.717, 1.165) is 37.3 Å². The second-order valence-electron chi connectivity index (χ2n) is 7.94. The second kappa shape index (κ2) is 9.89. The molecule has 4 rings (SSSR count). The molecule has 2 fully saturated rings. The van der Waals surface area contributed by atoms with E-state index < -0.39 is 10.0 Å². The van der Waals surface area contributed by atoms with Gasteiger partial charge in [-0.1, -0.05) is 18.2 Å². The van der Waals surface area contributed by atoms with Gasteiger partial charge in [-0.05, 0) is 42.7 Å². The lowest BCUT2D eigenvalue weighted by molar-refractivity contribution is -0.115. The van der Waals surface area contributed by atoms with Crippen LogP contribution < -0.4 is 15.0 Å². The molecule has 0 spiro atoms. The number of carbonyl (C=O) groups excluding carboxylic acids is 1. The van der Waals surface area contributed by atoms with Crippen molar-refractivity contribution in [3.63, 3.8) is 0 Å². The van der Waals surface area contributed by atoms with E-state index in [-0.39, 0.29) is 23.0 Å². The highest BCUT2D eigenvalue weighted by atomic mass is 32.2. The fourth-order valence-corrected chi connectivity index (χ4v) is 5.77. The lowest BCUT2D eigenvalue weighted by Crippen LogP contribution is -2.40. The van der Waals surface area contributed by atoms with Crippen molar-refractivity contribution in [2.75, 3.05) is 56.7 Å². The Morgan fingerprint density at radius 1 is 1.06 bits per heavy atom. The van der Waals surface area contributed by atoms with Crippen LogP contribution in [0.5, 0.6) is 5.75 Å². The molecule has 2 aromatic rings. The molecule has 0 aromatic heterocycles. The van der Waals surface area contributed by atoms with Gasteiger partial charge in [0, 0.05) is 26.2 Å². The molecule has 0 atom stereocenters. The van der Waals surface area contributed by atoms with E-state index in [9.17, 15) is 13.2 Å². The van der Waals surface area contributed by atoms with Crippen molar-refractivity contribution in [1.29, 1.82) is 0 Å². The highest BCUT2D eigenvalue weighted by Gasteiger charge is 2.29. The summed E-state index contributed by atoms with van der Waals surface area (Å²) in [5, 5.41) is 3.00. The predicted octanol–water partition coefficient (Wildman–Crippen LogP) is 2.50. The number of carbonyl (C=O) groups is 1. The summed E-state index contributed by atoms with van der Waals surface area (Å²) in [6, 6.07) is 12.6. The number of morpholine rings is 1. The first-order valence-electron chi connectivity index (χ1n) is 10.9.